The normalized spacial score (nSPS) is 22.4. The largest absolute Gasteiger partial charge is 0.493 e. The first kappa shape index (κ1) is 16.1. The van der Waals surface area contributed by atoms with Gasteiger partial charge in [-0.2, -0.15) is 0 Å². The molecule has 0 radical (unpaired) electrons. The highest BCUT2D eigenvalue weighted by atomic mass is 16.5. The van der Waals surface area contributed by atoms with Crippen LogP contribution in [0.15, 0.2) is 18.2 Å². The molecule has 5 heteroatoms. The molecule has 1 aromatic rings. The first-order valence-electron chi connectivity index (χ1n) is 8.33. The minimum Gasteiger partial charge on any atom is -0.493 e. The van der Waals surface area contributed by atoms with Crippen LogP contribution >= 0.6 is 0 Å². The third-order valence-electron chi connectivity index (χ3n) is 4.78. The van der Waals surface area contributed by atoms with Crippen LogP contribution in [-0.4, -0.2) is 44.7 Å². The molecule has 1 saturated heterocycles. The van der Waals surface area contributed by atoms with Gasteiger partial charge in [0.15, 0.2) is 11.5 Å². The van der Waals surface area contributed by atoms with Crippen molar-refractivity contribution in [2.45, 2.75) is 31.8 Å². The molecule has 1 aliphatic heterocycles. The molecular formula is C18H25NO4. The van der Waals surface area contributed by atoms with Gasteiger partial charge in [-0.3, -0.25) is 4.79 Å². The van der Waals surface area contributed by atoms with Crippen LogP contribution in [0.5, 0.6) is 11.5 Å². The van der Waals surface area contributed by atoms with Gasteiger partial charge in [0.2, 0.25) is 5.91 Å². The van der Waals surface area contributed by atoms with Gasteiger partial charge < -0.3 is 19.1 Å². The lowest BCUT2D eigenvalue weighted by molar-refractivity contribution is -0.147. The van der Waals surface area contributed by atoms with Gasteiger partial charge in [0, 0.05) is 7.05 Å². The fourth-order valence-corrected chi connectivity index (χ4v) is 3.28. The Hall–Kier alpha value is -1.75. The van der Waals surface area contributed by atoms with Gasteiger partial charge in [-0.05, 0) is 36.5 Å². The van der Waals surface area contributed by atoms with E-state index < -0.39 is 0 Å². The minimum absolute atomic E-state index is 0.0208. The van der Waals surface area contributed by atoms with Gasteiger partial charge in [0.25, 0.3) is 0 Å². The van der Waals surface area contributed by atoms with Gasteiger partial charge in [-0.25, -0.2) is 0 Å². The van der Waals surface area contributed by atoms with Crippen molar-refractivity contribution < 1.29 is 19.0 Å². The maximum Gasteiger partial charge on any atom is 0.248 e. The van der Waals surface area contributed by atoms with Gasteiger partial charge in [-0.15, -0.1) is 0 Å². The average molecular weight is 319 g/mol. The third kappa shape index (κ3) is 3.78. The van der Waals surface area contributed by atoms with Crippen LogP contribution in [0.2, 0.25) is 0 Å². The maximum absolute atomic E-state index is 11.5. The van der Waals surface area contributed by atoms with Gasteiger partial charge >= 0.3 is 0 Å². The van der Waals surface area contributed by atoms with Crippen molar-refractivity contribution in [2.75, 3.05) is 33.9 Å². The lowest BCUT2D eigenvalue weighted by Gasteiger charge is -2.30. The van der Waals surface area contributed by atoms with E-state index in [0.29, 0.717) is 12.5 Å². The molecule has 1 aromatic carbocycles. The Labute approximate surface area is 137 Å². The van der Waals surface area contributed by atoms with E-state index in [4.69, 9.17) is 14.2 Å². The fourth-order valence-electron chi connectivity index (χ4n) is 3.28. The Balaban J connectivity index is 1.71. The highest BCUT2D eigenvalue weighted by Crippen LogP contribution is 2.34. The van der Waals surface area contributed by atoms with Gasteiger partial charge in [0.05, 0.1) is 20.3 Å². The van der Waals surface area contributed by atoms with Crippen molar-refractivity contribution in [3.8, 4) is 11.5 Å². The second kappa shape index (κ2) is 7.21. The predicted octanol–water partition coefficient (Wildman–Crippen LogP) is 2.79. The van der Waals surface area contributed by atoms with E-state index in [1.165, 1.54) is 25.7 Å². The maximum atomic E-state index is 11.5. The van der Waals surface area contributed by atoms with E-state index in [2.05, 4.69) is 0 Å². The van der Waals surface area contributed by atoms with Crippen LogP contribution in [0.3, 0.4) is 0 Å². The number of rotatable bonds is 5. The molecular weight excluding hydrogens is 294 g/mol. The average Bonchev–Trinajstić information content (AvgIpc) is 3.08. The summed E-state index contributed by atoms with van der Waals surface area (Å²) in [6.07, 6.45) is 5.00. The summed E-state index contributed by atoms with van der Waals surface area (Å²) >= 11 is 0. The molecule has 1 heterocycles. The molecule has 1 amide bonds. The molecule has 126 valence electrons. The van der Waals surface area contributed by atoms with Crippen LogP contribution < -0.4 is 9.47 Å². The lowest BCUT2D eigenvalue weighted by Crippen LogP contribution is -2.40. The molecule has 2 fully saturated rings. The van der Waals surface area contributed by atoms with Crippen LogP contribution in [0.1, 0.15) is 37.4 Å². The number of morpholine rings is 1. The zero-order valence-electron chi connectivity index (χ0n) is 13.9. The summed E-state index contributed by atoms with van der Waals surface area (Å²) in [7, 11) is 3.46. The number of amides is 1. The zero-order valence-corrected chi connectivity index (χ0v) is 13.9. The second-order valence-corrected chi connectivity index (χ2v) is 6.45. The summed E-state index contributed by atoms with van der Waals surface area (Å²) in [4.78, 5) is 13.2. The summed E-state index contributed by atoms with van der Waals surface area (Å²) in [5.74, 6) is 2.18. The Morgan fingerprint density at radius 2 is 2.04 bits per heavy atom. The molecule has 0 N–H and O–H groups in total. The molecule has 1 unspecified atom stereocenters. The molecule has 0 bridgehead atoms. The molecule has 1 aliphatic carbocycles. The van der Waals surface area contributed by atoms with Crippen molar-refractivity contribution in [1.82, 2.24) is 4.90 Å². The van der Waals surface area contributed by atoms with Crippen molar-refractivity contribution in [1.29, 1.82) is 0 Å². The van der Waals surface area contributed by atoms with E-state index in [9.17, 15) is 4.79 Å². The van der Waals surface area contributed by atoms with E-state index >= 15 is 0 Å². The SMILES string of the molecule is COc1ccc(C2CN(C)C(=O)CO2)cc1OCC1CCCC1. The number of hydrogen-bond donors (Lipinski definition) is 0. The molecule has 1 atom stereocenters. The Bertz CT molecular complexity index is 554. The zero-order chi connectivity index (χ0) is 16.2. The fraction of sp³-hybridized carbons (Fsp3) is 0.611. The predicted molar refractivity (Wildman–Crippen MR) is 86.8 cm³/mol. The van der Waals surface area contributed by atoms with E-state index in [0.717, 1.165) is 23.7 Å². The number of hydrogen-bond acceptors (Lipinski definition) is 4. The Morgan fingerprint density at radius 3 is 2.74 bits per heavy atom. The summed E-state index contributed by atoms with van der Waals surface area (Å²) in [6.45, 7) is 1.43. The molecule has 3 rings (SSSR count). The van der Waals surface area contributed by atoms with Crippen molar-refractivity contribution >= 4 is 5.91 Å². The molecule has 0 spiro atoms. The summed E-state index contributed by atoms with van der Waals surface area (Å²) < 4.78 is 17.1. The number of carbonyl (C=O) groups excluding carboxylic acids is 1. The van der Waals surface area contributed by atoms with Crippen molar-refractivity contribution in [3.05, 3.63) is 23.8 Å². The molecule has 2 aliphatic rings. The Morgan fingerprint density at radius 1 is 1.26 bits per heavy atom. The smallest absolute Gasteiger partial charge is 0.248 e. The molecule has 5 nitrogen and oxygen atoms in total. The van der Waals surface area contributed by atoms with E-state index in [-0.39, 0.29) is 18.6 Å². The standard InChI is InChI=1S/C18H25NO4/c1-19-10-17(23-12-18(19)20)14-7-8-15(21-2)16(9-14)22-11-13-5-3-4-6-13/h7-9,13,17H,3-6,10-12H2,1-2H3. The molecule has 1 saturated carbocycles. The molecule has 23 heavy (non-hydrogen) atoms. The van der Waals surface area contributed by atoms with Crippen LogP contribution in [0.25, 0.3) is 0 Å². The number of nitrogens with zero attached hydrogens (tertiary/aromatic N) is 1. The van der Waals surface area contributed by atoms with Gasteiger partial charge in [-0.1, -0.05) is 18.9 Å². The minimum atomic E-state index is -0.113. The van der Waals surface area contributed by atoms with E-state index in [1.807, 2.05) is 18.2 Å². The summed E-state index contributed by atoms with van der Waals surface area (Å²) in [5.41, 5.74) is 1.02. The molecule has 0 aromatic heterocycles. The monoisotopic (exact) mass is 319 g/mol. The first-order chi connectivity index (χ1) is 11.2. The quantitative estimate of drug-likeness (QED) is 0.837. The number of methoxy groups -OCH3 is 1. The van der Waals surface area contributed by atoms with Crippen LogP contribution in [-0.2, 0) is 9.53 Å². The number of ether oxygens (including phenoxy) is 3. The second-order valence-electron chi connectivity index (χ2n) is 6.45. The lowest BCUT2D eigenvalue weighted by atomic mass is 10.1. The summed E-state index contributed by atoms with van der Waals surface area (Å²) in [6, 6.07) is 5.89. The van der Waals surface area contributed by atoms with Crippen molar-refractivity contribution in [3.63, 3.8) is 0 Å². The summed E-state index contributed by atoms with van der Waals surface area (Å²) in [5, 5.41) is 0. The highest BCUT2D eigenvalue weighted by Gasteiger charge is 2.26. The topological polar surface area (TPSA) is 48.0 Å². The van der Waals surface area contributed by atoms with Gasteiger partial charge in [0.1, 0.15) is 12.7 Å². The number of likely N-dealkylation sites (N-methyl/N-ethyl adjacent to an activating group) is 1. The Kier molecular flexibility index (Phi) is 5.06. The van der Waals surface area contributed by atoms with Crippen LogP contribution in [0, 0.1) is 5.92 Å². The van der Waals surface area contributed by atoms with E-state index in [1.54, 1.807) is 19.1 Å². The highest BCUT2D eigenvalue weighted by molar-refractivity contribution is 5.77. The number of benzene rings is 1. The van der Waals surface area contributed by atoms with Crippen LogP contribution in [0.4, 0.5) is 0 Å². The number of carbonyl (C=O) groups is 1. The third-order valence-corrected chi connectivity index (χ3v) is 4.78. The van der Waals surface area contributed by atoms with Crippen molar-refractivity contribution in [2.24, 2.45) is 5.92 Å². The first-order valence-corrected chi connectivity index (χ1v) is 8.33.